The number of esters is 4. The predicted octanol–water partition coefficient (Wildman–Crippen LogP) is 8.14. The van der Waals surface area contributed by atoms with Gasteiger partial charge in [-0.2, -0.15) is 5.10 Å². The third-order valence-electron chi connectivity index (χ3n) is 8.15. The molecule has 1 unspecified atom stereocenters. The molecule has 5 aromatic rings. The van der Waals surface area contributed by atoms with E-state index in [2.05, 4.69) is 35.6 Å². The van der Waals surface area contributed by atoms with E-state index in [9.17, 15) is 19.2 Å². The third-order valence-corrected chi connectivity index (χ3v) is 9.09. The average molecular weight is 806 g/mol. The molecular weight excluding hydrogens is 763 g/mol. The summed E-state index contributed by atoms with van der Waals surface area (Å²) in [5, 5.41) is 4.88. The molecule has 0 aliphatic heterocycles. The second-order valence-electron chi connectivity index (χ2n) is 12.5. The molecule has 0 aliphatic rings. The van der Waals surface area contributed by atoms with Crippen LogP contribution in [0.25, 0.3) is 10.2 Å². The maximum atomic E-state index is 13.4. The topological polar surface area (TPSA) is 161 Å². The molecule has 0 radical (unpaired) electrons. The van der Waals surface area contributed by atoms with Crippen LogP contribution in [0, 0.1) is 0 Å². The minimum atomic E-state index is -0.746. The van der Waals surface area contributed by atoms with Gasteiger partial charge in [-0.25, -0.2) is 24.2 Å². The van der Waals surface area contributed by atoms with E-state index in [0.29, 0.717) is 41.6 Å². The van der Waals surface area contributed by atoms with Gasteiger partial charge in [0, 0.05) is 24.3 Å². The predicted molar refractivity (Wildman–Crippen MR) is 221 cm³/mol. The normalized spacial score (nSPS) is 11.4. The Morgan fingerprint density at radius 3 is 2.26 bits per heavy atom. The number of carbonyl (C=O) groups is 4. The molecule has 4 aromatic carbocycles. The summed E-state index contributed by atoms with van der Waals surface area (Å²) in [6, 6.07) is 25.8. The molecule has 0 bridgehead atoms. The van der Waals surface area contributed by atoms with E-state index in [1.54, 1.807) is 24.3 Å². The summed E-state index contributed by atoms with van der Waals surface area (Å²) in [6.07, 6.45) is 5.97. The average Bonchev–Trinajstić information content (AvgIpc) is 3.66. The second-order valence-corrected chi connectivity index (χ2v) is 13.6. The molecule has 0 fully saturated rings. The van der Waals surface area contributed by atoms with Crippen LogP contribution < -0.4 is 19.6 Å². The number of carbonyl (C=O) groups excluding carboxylic acids is 4. The van der Waals surface area contributed by atoms with Gasteiger partial charge in [0.1, 0.15) is 23.9 Å². The minimum Gasteiger partial charge on any atom is -0.490 e. The lowest BCUT2D eigenvalue weighted by atomic mass is 10.1. The zero-order valence-corrected chi connectivity index (χ0v) is 32.7. The number of nitrogens with zero attached hydrogens (tertiary/aromatic N) is 2. The summed E-state index contributed by atoms with van der Waals surface area (Å²) in [7, 11) is 0. The summed E-state index contributed by atoms with van der Waals surface area (Å²) >= 11 is 1.42. The standard InChI is InChI=1S/C44H43N3O10S/c1-4-11-30-14-19-35(20-15-30)56-43(51)32-18-23-38(33(26-32)27-45-47-44-46-37-12-7-8-13-39(37)58-44)57-42(50)31-16-21-34(22-17-31)54-29-36(55-41(49)6-3)28-52-24-9-10-25-53-40(48)5-2/h5-8,12-23,26-27,36H,2-4,9-11,24-25,28-29H2,1H3,(H,46,47)/b45-27+. The number of nitrogens with one attached hydrogen (secondary N) is 1. The summed E-state index contributed by atoms with van der Waals surface area (Å²) < 4.78 is 34.2. The number of thiazole rings is 1. The van der Waals surface area contributed by atoms with E-state index in [0.717, 1.165) is 40.8 Å². The molecular formula is C44H43N3O10S. The van der Waals surface area contributed by atoms with Gasteiger partial charge in [0.15, 0.2) is 6.10 Å². The third kappa shape index (κ3) is 13.2. The number of unbranched alkanes of at least 4 members (excludes halogenated alkanes) is 1. The fourth-order valence-electron chi connectivity index (χ4n) is 5.24. The highest BCUT2D eigenvalue weighted by Crippen LogP contribution is 2.26. The van der Waals surface area contributed by atoms with Crippen molar-refractivity contribution in [3.63, 3.8) is 0 Å². The van der Waals surface area contributed by atoms with Crippen molar-refractivity contribution >= 4 is 56.8 Å². The number of aromatic nitrogens is 1. The summed E-state index contributed by atoms with van der Waals surface area (Å²) in [4.78, 5) is 54.1. The zero-order chi connectivity index (χ0) is 41.1. The molecule has 0 aliphatic carbocycles. The molecule has 1 atom stereocenters. The van der Waals surface area contributed by atoms with Crippen LogP contribution in [-0.2, 0) is 30.2 Å². The van der Waals surface area contributed by atoms with Crippen LogP contribution in [0.3, 0.4) is 0 Å². The first-order valence-electron chi connectivity index (χ1n) is 18.5. The SMILES string of the molecule is C=CC(=O)OCCCCOCC(COc1ccc(C(=O)Oc2ccc(C(=O)Oc3ccc(CCC)cc3)cc2/C=N/Nc2nc3ccccc3s2)cc1)OC(=O)C=C. The molecule has 0 spiro atoms. The van der Waals surface area contributed by atoms with Crippen molar-refractivity contribution in [3.05, 3.63) is 139 Å². The minimum absolute atomic E-state index is 0.0347. The number of aryl methyl sites for hydroxylation is 1. The van der Waals surface area contributed by atoms with Crippen LogP contribution in [0.2, 0.25) is 0 Å². The molecule has 0 saturated carbocycles. The van der Waals surface area contributed by atoms with Crippen molar-refractivity contribution in [2.45, 2.75) is 38.7 Å². The van der Waals surface area contributed by atoms with Crippen LogP contribution in [0.5, 0.6) is 17.2 Å². The van der Waals surface area contributed by atoms with Gasteiger partial charge in [0.25, 0.3) is 0 Å². The number of rotatable bonds is 22. The van der Waals surface area contributed by atoms with Crippen LogP contribution in [0.1, 0.15) is 58.0 Å². The summed E-state index contributed by atoms with van der Waals surface area (Å²) in [5.74, 6) is -1.44. The maximum absolute atomic E-state index is 13.4. The lowest BCUT2D eigenvalue weighted by Crippen LogP contribution is -2.29. The Labute approximate surface area is 339 Å². The highest BCUT2D eigenvalue weighted by molar-refractivity contribution is 7.22. The number of hydrazone groups is 1. The number of fused-ring (bicyclic) bond motifs is 1. The number of hydrogen-bond acceptors (Lipinski definition) is 14. The monoisotopic (exact) mass is 805 g/mol. The molecule has 1 N–H and O–H groups in total. The van der Waals surface area contributed by atoms with E-state index in [-0.39, 0.29) is 36.7 Å². The molecule has 1 heterocycles. The summed E-state index contributed by atoms with van der Waals surface area (Å²) in [6.45, 7) is 9.49. The molecule has 13 nitrogen and oxygen atoms in total. The first-order chi connectivity index (χ1) is 28.2. The number of benzene rings is 4. The zero-order valence-electron chi connectivity index (χ0n) is 31.9. The van der Waals surface area contributed by atoms with Gasteiger partial charge >= 0.3 is 23.9 Å². The van der Waals surface area contributed by atoms with Gasteiger partial charge in [0.05, 0.1) is 40.8 Å². The highest BCUT2D eigenvalue weighted by Gasteiger charge is 2.18. The second kappa shape index (κ2) is 22.2. The van der Waals surface area contributed by atoms with E-state index >= 15 is 0 Å². The maximum Gasteiger partial charge on any atom is 0.343 e. The Kier molecular flexibility index (Phi) is 16.3. The van der Waals surface area contributed by atoms with Gasteiger partial charge in [-0.15, -0.1) is 0 Å². The van der Waals surface area contributed by atoms with Gasteiger partial charge in [0.2, 0.25) is 5.13 Å². The molecule has 14 heteroatoms. The number of para-hydroxylation sites is 1. The fourth-order valence-corrected chi connectivity index (χ4v) is 6.06. The first-order valence-corrected chi connectivity index (χ1v) is 19.3. The molecule has 300 valence electrons. The molecule has 0 amide bonds. The van der Waals surface area contributed by atoms with E-state index < -0.39 is 30.0 Å². The van der Waals surface area contributed by atoms with E-state index in [1.807, 2.05) is 36.4 Å². The van der Waals surface area contributed by atoms with Gasteiger partial charge in [-0.1, -0.05) is 62.1 Å². The van der Waals surface area contributed by atoms with Gasteiger partial charge < -0.3 is 28.4 Å². The van der Waals surface area contributed by atoms with Crippen molar-refractivity contribution in [2.24, 2.45) is 5.10 Å². The van der Waals surface area contributed by atoms with Gasteiger partial charge in [-0.05, 0) is 91.6 Å². The quantitative estimate of drug-likeness (QED) is 0.0179. The largest absolute Gasteiger partial charge is 0.490 e. The Balaban J connectivity index is 1.22. The van der Waals surface area contributed by atoms with Crippen molar-refractivity contribution < 1.29 is 47.6 Å². The van der Waals surface area contributed by atoms with Crippen molar-refractivity contribution in [1.29, 1.82) is 0 Å². The smallest absolute Gasteiger partial charge is 0.343 e. The van der Waals surface area contributed by atoms with Crippen molar-refractivity contribution in [3.8, 4) is 17.2 Å². The Morgan fingerprint density at radius 2 is 1.52 bits per heavy atom. The Hall–Kier alpha value is -6.64. The fraction of sp³-hybridized carbons (Fsp3) is 0.227. The van der Waals surface area contributed by atoms with E-state index in [1.165, 1.54) is 47.9 Å². The Bertz CT molecular complexity index is 2180. The number of ether oxygens (including phenoxy) is 6. The Morgan fingerprint density at radius 1 is 0.810 bits per heavy atom. The van der Waals surface area contributed by atoms with Crippen molar-refractivity contribution in [2.75, 3.05) is 31.9 Å². The number of hydrogen-bond donors (Lipinski definition) is 1. The van der Waals surface area contributed by atoms with Crippen molar-refractivity contribution in [1.82, 2.24) is 4.98 Å². The van der Waals surface area contributed by atoms with Crippen LogP contribution in [0.15, 0.2) is 121 Å². The molecule has 0 saturated heterocycles. The lowest BCUT2D eigenvalue weighted by Gasteiger charge is -2.18. The van der Waals surface area contributed by atoms with E-state index in [4.69, 9.17) is 28.4 Å². The molecule has 58 heavy (non-hydrogen) atoms. The number of anilines is 1. The van der Waals surface area contributed by atoms with Crippen LogP contribution in [-0.4, -0.2) is 67.6 Å². The highest BCUT2D eigenvalue weighted by atomic mass is 32.1. The van der Waals surface area contributed by atoms with Gasteiger partial charge in [-0.3, -0.25) is 5.43 Å². The van der Waals surface area contributed by atoms with Crippen LogP contribution in [0.4, 0.5) is 5.13 Å². The summed E-state index contributed by atoms with van der Waals surface area (Å²) in [5.41, 5.74) is 5.64. The lowest BCUT2D eigenvalue weighted by molar-refractivity contribution is -0.148. The first kappa shape index (κ1) is 42.5. The molecule has 1 aromatic heterocycles. The molecule has 5 rings (SSSR count). The van der Waals surface area contributed by atoms with Crippen LogP contribution >= 0.6 is 11.3 Å².